The van der Waals surface area contributed by atoms with Gasteiger partial charge in [0, 0.05) is 30.4 Å². The van der Waals surface area contributed by atoms with Crippen LogP contribution in [0.15, 0.2) is 66.9 Å². The number of fused-ring (bicyclic) bond motifs is 1. The normalized spacial score (nSPS) is 14.7. The maximum absolute atomic E-state index is 13.2. The lowest BCUT2D eigenvalue weighted by atomic mass is 10.0. The molecule has 5 rings (SSSR count). The number of carbonyl (C=O) groups excluding carboxylic acids is 2. The van der Waals surface area contributed by atoms with Crippen LogP contribution in [-0.4, -0.2) is 64.8 Å². The number of benzene rings is 2. The number of carboxylic acid groups (broad SMARTS) is 1. The van der Waals surface area contributed by atoms with Crippen LogP contribution < -0.4 is 15.6 Å². The van der Waals surface area contributed by atoms with Crippen LogP contribution in [0.3, 0.4) is 0 Å². The van der Waals surface area contributed by atoms with Crippen molar-refractivity contribution in [3.63, 3.8) is 0 Å². The van der Waals surface area contributed by atoms with E-state index in [9.17, 15) is 19.5 Å². The van der Waals surface area contributed by atoms with E-state index in [4.69, 9.17) is 18.9 Å². The van der Waals surface area contributed by atoms with Crippen molar-refractivity contribution in [2.24, 2.45) is 0 Å². The lowest BCUT2D eigenvalue weighted by molar-refractivity contribution is -0.162. The molecule has 0 spiro atoms. The Labute approximate surface area is 278 Å². The van der Waals surface area contributed by atoms with Gasteiger partial charge in [-0.15, -0.1) is 0 Å². The summed E-state index contributed by atoms with van der Waals surface area (Å²) in [6, 6.07) is 18.3. The van der Waals surface area contributed by atoms with Gasteiger partial charge < -0.3 is 24.1 Å². The molecule has 0 bridgehead atoms. The predicted molar refractivity (Wildman–Crippen MR) is 178 cm³/mol. The van der Waals surface area contributed by atoms with Crippen LogP contribution in [0.2, 0.25) is 0 Å². The number of nitrogens with zero attached hydrogens (tertiary/aromatic N) is 2. The molecule has 12 nitrogen and oxygen atoms in total. The number of rotatable bonds is 11. The van der Waals surface area contributed by atoms with Gasteiger partial charge in [-0.2, -0.15) is 0 Å². The molecular weight excluding hydrogens is 616 g/mol. The Hall–Kier alpha value is -5.07. The summed E-state index contributed by atoms with van der Waals surface area (Å²) >= 11 is 0. The highest BCUT2D eigenvalue weighted by Crippen LogP contribution is 2.29. The standard InChI is InChI=1S/C36H40N4O8/c1-36(2,3)48-35(44)40-39-33(41)27-20-29(38-30-21-31(34(42)43)37-22-28(27)30)25-11-9-23(10-12-25)24-13-15-26(16-14-24)45-17-6-7-19-47-32-8-4-5-18-46-32/h9-16,20-22,32H,4-8,17-19H2,1-3H3,(H,39,41)(H,40,44)(H,42,43). The lowest BCUT2D eigenvalue weighted by Crippen LogP contribution is -2.44. The molecule has 1 saturated heterocycles. The predicted octanol–water partition coefficient (Wildman–Crippen LogP) is 6.53. The van der Waals surface area contributed by atoms with Crippen molar-refractivity contribution < 1.29 is 38.4 Å². The summed E-state index contributed by atoms with van der Waals surface area (Å²) in [5.74, 6) is -1.09. The van der Waals surface area contributed by atoms with Gasteiger partial charge in [-0.1, -0.05) is 36.4 Å². The molecule has 1 unspecified atom stereocenters. The summed E-state index contributed by atoms with van der Waals surface area (Å²) in [6.45, 7) is 7.15. The Kier molecular flexibility index (Phi) is 11.2. The minimum Gasteiger partial charge on any atom is -0.494 e. The zero-order valence-corrected chi connectivity index (χ0v) is 27.3. The maximum Gasteiger partial charge on any atom is 0.426 e. The Morgan fingerprint density at radius 3 is 2.27 bits per heavy atom. The van der Waals surface area contributed by atoms with Crippen molar-refractivity contribution in [2.75, 3.05) is 19.8 Å². The summed E-state index contributed by atoms with van der Waals surface area (Å²) in [7, 11) is 0. The average molecular weight is 657 g/mol. The van der Waals surface area contributed by atoms with E-state index in [1.165, 1.54) is 12.3 Å². The molecule has 1 aliphatic heterocycles. The van der Waals surface area contributed by atoms with Gasteiger partial charge in [-0.3, -0.25) is 10.2 Å². The molecule has 252 valence electrons. The number of ether oxygens (including phenoxy) is 4. The molecule has 1 fully saturated rings. The van der Waals surface area contributed by atoms with E-state index < -0.39 is 23.6 Å². The number of carboxylic acids is 1. The van der Waals surface area contributed by atoms with Crippen molar-refractivity contribution in [3.8, 4) is 28.1 Å². The molecular formula is C36H40N4O8. The lowest BCUT2D eigenvalue weighted by Gasteiger charge is -2.22. The summed E-state index contributed by atoms with van der Waals surface area (Å²) in [5, 5.41) is 9.78. The second-order valence-corrected chi connectivity index (χ2v) is 12.4. The van der Waals surface area contributed by atoms with E-state index in [1.807, 2.05) is 48.5 Å². The monoisotopic (exact) mass is 656 g/mol. The number of nitrogens with one attached hydrogen (secondary N) is 2. The molecule has 2 amide bonds. The number of hydrogen-bond donors (Lipinski definition) is 3. The summed E-state index contributed by atoms with van der Waals surface area (Å²) < 4.78 is 22.5. The van der Waals surface area contributed by atoms with Gasteiger partial charge in [0.25, 0.3) is 5.91 Å². The highest BCUT2D eigenvalue weighted by molar-refractivity contribution is 6.08. The van der Waals surface area contributed by atoms with Crippen molar-refractivity contribution in [3.05, 3.63) is 78.1 Å². The van der Waals surface area contributed by atoms with Crippen molar-refractivity contribution in [2.45, 2.75) is 64.8 Å². The number of hydrazine groups is 1. The van der Waals surface area contributed by atoms with E-state index in [0.29, 0.717) is 29.9 Å². The summed E-state index contributed by atoms with van der Waals surface area (Å²) in [6.07, 6.45) is 5.41. The van der Waals surface area contributed by atoms with Crippen LogP contribution in [0.1, 0.15) is 73.7 Å². The molecule has 0 saturated carbocycles. The van der Waals surface area contributed by atoms with Gasteiger partial charge in [-0.05, 0) is 88.3 Å². The van der Waals surface area contributed by atoms with Crippen LogP contribution >= 0.6 is 0 Å². The first-order chi connectivity index (χ1) is 23.1. The summed E-state index contributed by atoms with van der Waals surface area (Å²) in [5.41, 5.74) is 7.08. The van der Waals surface area contributed by atoms with E-state index in [2.05, 4.69) is 20.8 Å². The number of hydrogen-bond acceptors (Lipinski definition) is 9. The molecule has 0 aliphatic carbocycles. The van der Waals surface area contributed by atoms with Crippen LogP contribution in [0.5, 0.6) is 5.75 Å². The first-order valence-electron chi connectivity index (χ1n) is 16.0. The van der Waals surface area contributed by atoms with Gasteiger partial charge in [0.1, 0.15) is 17.0 Å². The van der Waals surface area contributed by atoms with Crippen molar-refractivity contribution in [1.82, 2.24) is 20.8 Å². The molecule has 12 heteroatoms. The second kappa shape index (κ2) is 15.7. The van der Waals surface area contributed by atoms with Crippen LogP contribution in [0.25, 0.3) is 33.3 Å². The first-order valence-corrected chi connectivity index (χ1v) is 16.0. The minimum atomic E-state index is -1.22. The van der Waals surface area contributed by atoms with Crippen LogP contribution in [0.4, 0.5) is 4.79 Å². The quantitative estimate of drug-likeness (QED) is 0.120. The fraction of sp³-hybridized carbons (Fsp3) is 0.361. The van der Waals surface area contributed by atoms with Gasteiger partial charge in [0.2, 0.25) is 0 Å². The fourth-order valence-electron chi connectivity index (χ4n) is 5.08. The molecule has 48 heavy (non-hydrogen) atoms. The topological polar surface area (TPSA) is 158 Å². The third-order valence-electron chi connectivity index (χ3n) is 7.45. The van der Waals surface area contributed by atoms with Gasteiger partial charge >= 0.3 is 12.1 Å². The molecule has 4 aromatic rings. The molecule has 1 aliphatic rings. The average Bonchev–Trinajstić information content (AvgIpc) is 3.08. The number of carbonyl (C=O) groups is 3. The molecule has 0 radical (unpaired) electrons. The number of unbranched alkanes of at least 4 members (excludes halogenated alkanes) is 1. The van der Waals surface area contributed by atoms with Gasteiger partial charge in [-0.25, -0.2) is 25.0 Å². The van der Waals surface area contributed by atoms with Crippen molar-refractivity contribution in [1.29, 1.82) is 0 Å². The number of pyridine rings is 2. The molecule has 3 heterocycles. The highest BCUT2D eigenvalue weighted by atomic mass is 16.7. The number of aromatic nitrogens is 2. The largest absolute Gasteiger partial charge is 0.494 e. The fourth-order valence-corrected chi connectivity index (χ4v) is 5.08. The van der Waals surface area contributed by atoms with E-state index in [-0.39, 0.29) is 23.1 Å². The van der Waals surface area contributed by atoms with Crippen LogP contribution in [0, 0.1) is 0 Å². The van der Waals surface area contributed by atoms with Crippen LogP contribution in [-0.2, 0) is 14.2 Å². The van der Waals surface area contributed by atoms with Gasteiger partial charge in [0.05, 0.1) is 23.4 Å². The molecule has 1 atom stereocenters. The SMILES string of the molecule is CC(C)(C)OC(=O)NNC(=O)c1cc(-c2ccc(-c3ccc(OCCCCOC4CCCCO4)cc3)cc2)nc2cc(C(=O)O)ncc12. The smallest absolute Gasteiger partial charge is 0.426 e. The van der Waals surface area contributed by atoms with Gasteiger partial charge in [0.15, 0.2) is 6.29 Å². The Balaban J connectivity index is 1.24. The summed E-state index contributed by atoms with van der Waals surface area (Å²) in [4.78, 5) is 45.5. The maximum atomic E-state index is 13.2. The zero-order chi connectivity index (χ0) is 34.1. The molecule has 2 aromatic heterocycles. The third kappa shape index (κ3) is 9.49. The molecule has 2 aromatic carbocycles. The van der Waals surface area contributed by atoms with Crippen molar-refractivity contribution >= 4 is 28.9 Å². The highest BCUT2D eigenvalue weighted by Gasteiger charge is 2.20. The first kappa shape index (κ1) is 34.3. The second-order valence-electron chi connectivity index (χ2n) is 12.4. The zero-order valence-electron chi connectivity index (χ0n) is 27.3. The van der Waals surface area contributed by atoms with E-state index >= 15 is 0 Å². The van der Waals surface area contributed by atoms with E-state index in [0.717, 1.165) is 55.6 Å². The number of aromatic carboxylic acids is 1. The third-order valence-corrected chi connectivity index (χ3v) is 7.45. The Bertz CT molecular complexity index is 1730. The molecule has 3 N–H and O–H groups in total. The minimum absolute atomic E-state index is 0.0616. The van der Waals surface area contributed by atoms with E-state index in [1.54, 1.807) is 26.8 Å². The Morgan fingerprint density at radius 1 is 0.917 bits per heavy atom. The number of amides is 2. The Morgan fingerprint density at radius 2 is 1.60 bits per heavy atom.